The molecule has 0 fully saturated rings. The number of aliphatic carboxylic acids is 1. The molecule has 0 aliphatic carbocycles. The molecule has 1 aliphatic heterocycles. The van der Waals surface area contributed by atoms with Crippen molar-refractivity contribution in [1.82, 2.24) is 5.32 Å². The van der Waals surface area contributed by atoms with Crippen LogP contribution in [0.15, 0.2) is 54.6 Å². The van der Waals surface area contributed by atoms with Gasteiger partial charge < -0.3 is 15.3 Å². The van der Waals surface area contributed by atoms with Crippen molar-refractivity contribution in [1.29, 1.82) is 0 Å². The Morgan fingerprint density at radius 2 is 1.71 bits per heavy atom. The topological polar surface area (TPSA) is 86.7 Å². The molecule has 3 rings (SSSR count). The third kappa shape index (κ3) is 3.91. The molecule has 0 aromatic heterocycles. The largest absolute Gasteiger partial charge is 0.481 e. The van der Waals surface area contributed by atoms with Gasteiger partial charge >= 0.3 is 5.97 Å². The van der Waals surface area contributed by atoms with Crippen molar-refractivity contribution in [3.8, 4) is 0 Å². The Labute approximate surface area is 164 Å². The second kappa shape index (κ2) is 8.25. The number of hydrogen-bond donors (Lipinski definition) is 2. The molecular weight excluding hydrogens is 356 g/mol. The minimum absolute atomic E-state index is 0.0177. The number of benzene rings is 2. The Morgan fingerprint density at radius 1 is 1.04 bits per heavy atom. The summed E-state index contributed by atoms with van der Waals surface area (Å²) in [7, 11) is 1.76. The monoisotopic (exact) mass is 380 g/mol. The van der Waals surface area contributed by atoms with Crippen LogP contribution in [0.4, 0.5) is 5.69 Å². The van der Waals surface area contributed by atoms with E-state index in [1.807, 2.05) is 54.6 Å². The summed E-state index contributed by atoms with van der Waals surface area (Å²) in [6.45, 7) is 0.0876. The molecule has 146 valence electrons. The highest BCUT2D eigenvalue weighted by atomic mass is 16.4. The van der Waals surface area contributed by atoms with E-state index in [1.165, 1.54) is 0 Å². The maximum Gasteiger partial charge on any atom is 0.305 e. The number of anilines is 1. The lowest BCUT2D eigenvalue weighted by atomic mass is 9.73. The number of likely N-dealkylation sites (N-methyl/N-ethyl adjacent to an activating group) is 1. The number of carbonyl (C=O) groups is 3. The minimum Gasteiger partial charge on any atom is -0.481 e. The average Bonchev–Trinajstić information content (AvgIpc) is 2.90. The van der Waals surface area contributed by atoms with Crippen LogP contribution in [0.3, 0.4) is 0 Å². The van der Waals surface area contributed by atoms with E-state index >= 15 is 0 Å². The second-order valence-electron chi connectivity index (χ2n) is 7.12. The third-order valence-corrected chi connectivity index (χ3v) is 5.28. The Bertz CT molecular complexity index is 881. The van der Waals surface area contributed by atoms with E-state index in [0.717, 1.165) is 16.8 Å². The summed E-state index contributed by atoms with van der Waals surface area (Å²) < 4.78 is 0. The van der Waals surface area contributed by atoms with Crippen molar-refractivity contribution in [2.75, 3.05) is 18.5 Å². The Hall–Kier alpha value is -3.15. The van der Waals surface area contributed by atoms with Gasteiger partial charge in [-0.2, -0.15) is 0 Å². The van der Waals surface area contributed by atoms with E-state index in [1.54, 1.807) is 11.9 Å². The zero-order valence-corrected chi connectivity index (χ0v) is 15.9. The summed E-state index contributed by atoms with van der Waals surface area (Å²) in [6.07, 6.45) is 0.906. The Kier molecular flexibility index (Phi) is 5.78. The van der Waals surface area contributed by atoms with Gasteiger partial charge in [-0.15, -0.1) is 0 Å². The van der Waals surface area contributed by atoms with Crippen molar-refractivity contribution >= 4 is 23.5 Å². The summed E-state index contributed by atoms with van der Waals surface area (Å²) in [5.74, 6) is -1.22. The third-order valence-electron chi connectivity index (χ3n) is 5.28. The SMILES string of the molecule is CN1C(=O)[C@](CCC(=O)NCCC(=O)O)(Cc2ccccc2)c2ccccc21. The highest BCUT2D eigenvalue weighted by Crippen LogP contribution is 2.46. The van der Waals surface area contributed by atoms with Gasteiger partial charge in [0.15, 0.2) is 0 Å². The van der Waals surface area contributed by atoms with Gasteiger partial charge in [0.25, 0.3) is 0 Å². The fourth-order valence-corrected chi connectivity index (χ4v) is 3.89. The van der Waals surface area contributed by atoms with E-state index in [2.05, 4.69) is 5.32 Å². The lowest BCUT2D eigenvalue weighted by Crippen LogP contribution is -2.41. The molecule has 2 aromatic rings. The molecule has 2 amide bonds. The summed E-state index contributed by atoms with van der Waals surface area (Å²) in [5.41, 5.74) is 2.03. The average molecular weight is 380 g/mol. The quantitative estimate of drug-likeness (QED) is 0.737. The van der Waals surface area contributed by atoms with Crippen LogP contribution in [0.5, 0.6) is 0 Å². The van der Waals surface area contributed by atoms with Gasteiger partial charge in [-0.05, 0) is 30.0 Å². The molecule has 6 nitrogen and oxygen atoms in total. The zero-order valence-electron chi connectivity index (χ0n) is 15.9. The van der Waals surface area contributed by atoms with Crippen molar-refractivity contribution in [3.05, 3.63) is 65.7 Å². The number of amides is 2. The standard InChI is InChI=1S/C22H24N2O4/c1-24-18-10-6-5-9-17(18)22(21(24)28,15-16-7-3-2-4-8-16)13-11-19(25)23-14-12-20(26)27/h2-10H,11-15H2,1H3,(H,23,25)(H,26,27)/t22-/m1/s1. The van der Waals surface area contributed by atoms with Gasteiger partial charge in [0.2, 0.25) is 11.8 Å². The fraction of sp³-hybridized carbons (Fsp3) is 0.318. The lowest BCUT2D eigenvalue weighted by molar-refractivity contribution is -0.137. The van der Waals surface area contributed by atoms with Crippen molar-refractivity contribution in [2.24, 2.45) is 0 Å². The number of nitrogens with one attached hydrogen (secondary N) is 1. The lowest BCUT2D eigenvalue weighted by Gasteiger charge is -2.28. The van der Waals surface area contributed by atoms with Crippen molar-refractivity contribution in [3.63, 3.8) is 0 Å². The van der Waals surface area contributed by atoms with E-state index in [-0.39, 0.29) is 31.2 Å². The van der Waals surface area contributed by atoms with Crippen LogP contribution in [-0.2, 0) is 26.2 Å². The van der Waals surface area contributed by atoms with Crippen LogP contribution in [0.1, 0.15) is 30.4 Å². The van der Waals surface area contributed by atoms with Gasteiger partial charge in [0.1, 0.15) is 0 Å². The van der Waals surface area contributed by atoms with E-state index in [4.69, 9.17) is 5.11 Å². The molecule has 0 saturated carbocycles. The van der Waals surface area contributed by atoms with Crippen LogP contribution in [0.25, 0.3) is 0 Å². The molecule has 6 heteroatoms. The van der Waals surface area contributed by atoms with Crippen LogP contribution in [0, 0.1) is 0 Å². The van der Waals surface area contributed by atoms with Crippen LogP contribution < -0.4 is 10.2 Å². The highest BCUT2D eigenvalue weighted by molar-refractivity contribution is 6.08. The van der Waals surface area contributed by atoms with Crippen LogP contribution >= 0.6 is 0 Å². The number of carboxylic acids is 1. The second-order valence-corrected chi connectivity index (χ2v) is 7.12. The van der Waals surface area contributed by atoms with Gasteiger partial charge in [0.05, 0.1) is 11.8 Å². The number of para-hydroxylation sites is 1. The van der Waals surface area contributed by atoms with Gasteiger partial charge in [0, 0.05) is 25.7 Å². The minimum atomic E-state index is -0.956. The molecule has 28 heavy (non-hydrogen) atoms. The molecule has 1 heterocycles. The first-order chi connectivity index (χ1) is 13.4. The highest BCUT2D eigenvalue weighted by Gasteiger charge is 2.49. The molecule has 2 N–H and O–H groups in total. The van der Waals surface area contributed by atoms with Crippen LogP contribution in [-0.4, -0.2) is 36.5 Å². The predicted octanol–water partition coefficient (Wildman–Crippen LogP) is 2.51. The summed E-state index contributed by atoms with van der Waals surface area (Å²) in [5, 5.41) is 11.3. The molecule has 0 spiro atoms. The van der Waals surface area contributed by atoms with Gasteiger partial charge in [-0.1, -0.05) is 48.5 Å². The zero-order chi connectivity index (χ0) is 20.1. The van der Waals surface area contributed by atoms with E-state index in [9.17, 15) is 14.4 Å². The smallest absolute Gasteiger partial charge is 0.305 e. The maximum atomic E-state index is 13.3. The molecule has 0 bridgehead atoms. The van der Waals surface area contributed by atoms with Crippen molar-refractivity contribution in [2.45, 2.75) is 31.1 Å². The number of fused-ring (bicyclic) bond motifs is 1. The van der Waals surface area contributed by atoms with Crippen LogP contribution in [0.2, 0.25) is 0 Å². The molecule has 0 saturated heterocycles. The first-order valence-corrected chi connectivity index (χ1v) is 9.34. The maximum absolute atomic E-state index is 13.3. The normalized spacial score (nSPS) is 18.0. The predicted molar refractivity (Wildman–Crippen MR) is 106 cm³/mol. The Balaban J connectivity index is 1.85. The van der Waals surface area contributed by atoms with Crippen molar-refractivity contribution < 1.29 is 19.5 Å². The number of rotatable bonds is 8. The number of nitrogens with zero attached hydrogens (tertiary/aromatic N) is 1. The molecule has 0 radical (unpaired) electrons. The molecule has 1 aliphatic rings. The molecule has 1 atom stereocenters. The van der Waals surface area contributed by atoms with Gasteiger partial charge in [-0.25, -0.2) is 0 Å². The van der Waals surface area contributed by atoms with Gasteiger partial charge in [-0.3, -0.25) is 14.4 Å². The summed E-state index contributed by atoms with van der Waals surface area (Å²) >= 11 is 0. The van der Waals surface area contributed by atoms with E-state index in [0.29, 0.717) is 12.8 Å². The fourth-order valence-electron chi connectivity index (χ4n) is 3.89. The number of carbonyl (C=O) groups excluding carboxylic acids is 2. The summed E-state index contributed by atoms with van der Waals surface area (Å²) in [6, 6.07) is 17.5. The Morgan fingerprint density at radius 3 is 2.43 bits per heavy atom. The number of hydrogen-bond acceptors (Lipinski definition) is 3. The van der Waals surface area contributed by atoms with E-state index < -0.39 is 11.4 Å². The summed E-state index contributed by atoms with van der Waals surface area (Å²) in [4.78, 5) is 37.9. The first kappa shape index (κ1) is 19.6. The molecule has 2 aromatic carbocycles. The first-order valence-electron chi connectivity index (χ1n) is 9.34. The molecule has 0 unspecified atom stereocenters. The molecular formula is C22H24N2O4. The number of carboxylic acid groups (broad SMARTS) is 1.